The summed E-state index contributed by atoms with van der Waals surface area (Å²) in [6.45, 7) is 23.7. The standard InChI is InChI=1S/C32H44N2O7.C20H23NO4.C12H24N2O3/c1-21-16-26(36)17-22(2)27(21)19-28(34-31(39)40-20-24-12-8-7-9-13-24)29(37)18-25(23(3)35)14-10-11-15-33-30(38)41-32(4,5)6;1-13-9-17(23)10-14(2)18(13)11-19(15(3)22)21-20(24)25-12-16-7-5-4-6-8-16;1-9(15)10(13)7-5-6-8-14-11(16)17-12(2,3)4/h7-9,12-13,16-17,25,28,36H,10-11,14-15,18-20H2,1-6H3,(H,33,38)(H,34,39);4-10,19,23H,11-12H2,1-3H3,(H,21,24);10H,5-8,13H2,1-4H3,(H,14,16). The number of phenols is 2. The van der Waals surface area contributed by atoms with E-state index in [1.165, 1.54) is 20.8 Å². The monoisotopic (exact) mass is 1150 g/mol. The van der Waals surface area contributed by atoms with E-state index in [2.05, 4.69) is 21.3 Å². The first kappa shape index (κ1) is 71.3. The van der Waals surface area contributed by atoms with E-state index in [9.17, 15) is 48.6 Å². The molecule has 4 aromatic rings. The molecule has 4 atom stereocenters. The number of ketones is 4. The molecule has 4 rings (SSSR count). The minimum atomic E-state index is -0.920. The number of Topliss-reactive ketones (excluding diaryl/α,β-unsaturated/α-hetero) is 4. The van der Waals surface area contributed by atoms with E-state index in [-0.39, 0.29) is 66.7 Å². The number of ether oxygens (including phenoxy) is 4. The molecule has 0 aliphatic rings. The van der Waals surface area contributed by atoms with Crippen molar-refractivity contribution >= 4 is 47.5 Å². The number of amides is 4. The van der Waals surface area contributed by atoms with Crippen molar-refractivity contribution in [1.82, 2.24) is 21.3 Å². The minimum absolute atomic E-state index is 0.00472. The number of hydrogen-bond donors (Lipinski definition) is 7. The van der Waals surface area contributed by atoms with E-state index in [4.69, 9.17) is 24.7 Å². The van der Waals surface area contributed by atoms with E-state index >= 15 is 0 Å². The molecule has 4 amide bonds. The van der Waals surface area contributed by atoms with Crippen LogP contribution in [0.2, 0.25) is 0 Å². The van der Waals surface area contributed by atoms with Crippen LogP contribution in [0.25, 0.3) is 0 Å². The fourth-order valence-corrected chi connectivity index (χ4v) is 8.40. The smallest absolute Gasteiger partial charge is 0.408 e. The number of unbranched alkanes of at least 4 members (excludes halogenated alkanes) is 2. The number of nitrogens with one attached hydrogen (secondary N) is 4. The first-order valence-electron chi connectivity index (χ1n) is 28.1. The SMILES string of the molecule is CC(=O)C(CCCCNC(=O)OC(C)(C)C)CC(=O)C(Cc1c(C)cc(O)cc1C)NC(=O)OCc1ccccc1.CC(=O)C(Cc1c(C)cc(O)cc1C)NC(=O)OCc1ccccc1.CC(=O)C(N)CCCCNC(=O)OC(C)(C)C. The lowest BCUT2D eigenvalue weighted by Gasteiger charge is -2.22. The second-order valence-electron chi connectivity index (χ2n) is 22.7. The Bertz CT molecular complexity index is 2690. The number of nitrogens with two attached hydrogens (primary N) is 1. The predicted molar refractivity (Wildman–Crippen MR) is 319 cm³/mol. The summed E-state index contributed by atoms with van der Waals surface area (Å²) in [5.41, 5.74) is 11.3. The first-order chi connectivity index (χ1) is 38.8. The van der Waals surface area contributed by atoms with E-state index < -0.39 is 53.6 Å². The highest BCUT2D eigenvalue weighted by atomic mass is 16.6. The van der Waals surface area contributed by atoms with Crippen molar-refractivity contribution in [3.05, 3.63) is 129 Å². The van der Waals surface area contributed by atoms with Gasteiger partial charge in [-0.3, -0.25) is 19.2 Å². The zero-order chi connectivity index (χ0) is 62.5. The number of phenolic OH excluding ortho intramolecular Hbond substituents is 2. The summed E-state index contributed by atoms with van der Waals surface area (Å²) in [5, 5.41) is 30.3. The summed E-state index contributed by atoms with van der Waals surface area (Å²) in [6.07, 6.45) is 2.24. The average Bonchev–Trinajstić information content (AvgIpc) is 3.59. The van der Waals surface area contributed by atoms with E-state index in [0.29, 0.717) is 45.2 Å². The fourth-order valence-electron chi connectivity index (χ4n) is 8.40. The highest BCUT2D eigenvalue weighted by Crippen LogP contribution is 2.25. The summed E-state index contributed by atoms with van der Waals surface area (Å²) in [4.78, 5) is 96.6. The Kier molecular flexibility index (Phi) is 30.9. The van der Waals surface area contributed by atoms with Gasteiger partial charge in [0, 0.05) is 38.3 Å². The van der Waals surface area contributed by atoms with Gasteiger partial charge in [0.25, 0.3) is 0 Å². The van der Waals surface area contributed by atoms with Gasteiger partial charge in [0.05, 0.1) is 18.1 Å². The third-order valence-corrected chi connectivity index (χ3v) is 12.9. The molecule has 456 valence electrons. The van der Waals surface area contributed by atoms with E-state index in [1.807, 2.05) is 109 Å². The van der Waals surface area contributed by atoms with Crippen LogP contribution in [-0.2, 0) is 64.2 Å². The maximum Gasteiger partial charge on any atom is 0.408 e. The van der Waals surface area contributed by atoms with Gasteiger partial charge in [-0.05, 0) is 191 Å². The van der Waals surface area contributed by atoms with Crippen LogP contribution in [-0.4, -0.2) is 100 Å². The Hall–Kier alpha value is -7.80. The first-order valence-corrected chi connectivity index (χ1v) is 28.1. The number of alkyl carbamates (subject to hydrolysis) is 4. The van der Waals surface area contributed by atoms with Crippen LogP contribution in [0.4, 0.5) is 19.2 Å². The van der Waals surface area contributed by atoms with Crippen LogP contribution in [0.1, 0.15) is 152 Å². The van der Waals surface area contributed by atoms with Gasteiger partial charge in [-0.2, -0.15) is 0 Å². The summed E-state index contributed by atoms with van der Waals surface area (Å²) in [5.74, 6) is -0.737. The maximum atomic E-state index is 13.5. The second-order valence-corrected chi connectivity index (χ2v) is 22.7. The number of rotatable bonds is 26. The molecule has 0 aromatic heterocycles. The van der Waals surface area contributed by atoms with Crippen LogP contribution in [0, 0.1) is 33.6 Å². The lowest BCUT2D eigenvalue weighted by Crippen LogP contribution is -2.43. The summed E-state index contributed by atoms with van der Waals surface area (Å²) in [6, 6.07) is 23.1. The van der Waals surface area contributed by atoms with Crippen molar-refractivity contribution in [2.45, 2.75) is 190 Å². The van der Waals surface area contributed by atoms with Gasteiger partial charge in [0.1, 0.15) is 47.5 Å². The number of carbonyl (C=O) groups is 8. The van der Waals surface area contributed by atoms with Crippen LogP contribution < -0.4 is 27.0 Å². The van der Waals surface area contributed by atoms with Gasteiger partial charge in [0.15, 0.2) is 11.6 Å². The molecule has 19 heteroatoms. The zero-order valence-electron chi connectivity index (χ0n) is 51.0. The van der Waals surface area contributed by atoms with Crippen LogP contribution >= 0.6 is 0 Å². The molecule has 0 aliphatic heterocycles. The highest BCUT2D eigenvalue weighted by molar-refractivity contribution is 5.92. The predicted octanol–water partition coefficient (Wildman–Crippen LogP) is 10.7. The van der Waals surface area contributed by atoms with Crippen molar-refractivity contribution in [1.29, 1.82) is 0 Å². The van der Waals surface area contributed by atoms with Gasteiger partial charge in [-0.15, -0.1) is 0 Å². The zero-order valence-corrected chi connectivity index (χ0v) is 51.0. The van der Waals surface area contributed by atoms with Crippen molar-refractivity contribution in [3.63, 3.8) is 0 Å². The van der Waals surface area contributed by atoms with Crippen molar-refractivity contribution in [3.8, 4) is 11.5 Å². The largest absolute Gasteiger partial charge is 0.508 e. The van der Waals surface area contributed by atoms with Crippen LogP contribution in [0.15, 0.2) is 84.9 Å². The van der Waals surface area contributed by atoms with Crippen molar-refractivity contribution in [2.75, 3.05) is 13.1 Å². The molecular weight excluding hydrogens is 1060 g/mol. The molecule has 4 unspecified atom stereocenters. The molecule has 0 aliphatic carbocycles. The molecule has 19 nitrogen and oxygen atoms in total. The molecular formula is C64H91N5O14. The Labute approximate surface area is 490 Å². The van der Waals surface area contributed by atoms with Gasteiger partial charge >= 0.3 is 24.4 Å². The molecule has 0 heterocycles. The number of hydrogen-bond acceptors (Lipinski definition) is 15. The lowest BCUT2D eigenvalue weighted by molar-refractivity contribution is -0.128. The molecule has 0 bridgehead atoms. The molecule has 8 N–H and O–H groups in total. The number of carbonyl (C=O) groups excluding carboxylic acids is 8. The number of benzene rings is 4. The van der Waals surface area contributed by atoms with Crippen molar-refractivity contribution < 1.29 is 67.5 Å². The molecule has 0 radical (unpaired) electrons. The Balaban J connectivity index is 0.000000473. The molecule has 0 saturated carbocycles. The third-order valence-electron chi connectivity index (χ3n) is 12.9. The van der Waals surface area contributed by atoms with Gasteiger partial charge in [-0.25, -0.2) is 19.2 Å². The van der Waals surface area contributed by atoms with Gasteiger partial charge < -0.3 is 56.2 Å². The van der Waals surface area contributed by atoms with Gasteiger partial charge in [0.2, 0.25) is 0 Å². The molecule has 83 heavy (non-hydrogen) atoms. The topological polar surface area (TPSA) is 288 Å². The lowest BCUT2D eigenvalue weighted by atomic mass is 9.87. The second kappa shape index (κ2) is 35.9. The van der Waals surface area contributed by atoms with Gasteiger partial charge in [-0.1, -0.05) is 67.1 Å². The highest BCUT2D eigenvalue weighted by Gasteiger charge is 2.28. The average molecular weight is 1150 g/mol. The number of aryl methyl sites for hydroxylation is 4. The molecule has 0 saturated heterocycles. The molecule has 0 fully saturated rings. The normalized spacial score (nSPS) is 12.4. The van der Waals surface area contributed by atoms with Crippen LogP contribution in [0.5, 0.6) is 11.5 Å². The molecule has 0 spiro atoms. The van der Waals surface area contributed by atoms with Crippen LogP contribution in [0.3, 0.4) is 0 Å². The Morgan fingerprint density at radius 2 is 0.880 bits per heavy atom. The quantitative estimate of drug-likeness (QED) is 0.0227. The summed E-state index contributed by atoms with van der Waals surface area (Å²) in [7, 11) is 0. The Morgan fingerprint density at radius 3 is 1.24 bits per heavy atom. The number of aromatic hydroxyl groups is 2. The summed E-state index contributed by atoms with van der Waals surface area (Å²) < 4.78 is 20.8. The third kappa shape index (κ3) is 30.7. The maximum absolute atomic E-state index is 13.5. The Morgan fingerprint density at radius 1 is 0.506 bits per heavy atom. The molecule has 4 aromatic carbocycles. The summed E-state index contributed by atoms with van der Waals surface area (Å²) >= 11 is 0. The van der Waals surface area contributed by atoms with E-state index in [1.54, 1.807) is 45.0 Å². The van der Waals surface area contributed by atoms with E-state index in [0.717, 1.165) is 57.3 Å². The van der Waals surface area contributed by atoms with Crippen molar-refractivity contribution in [2.24, 2.45) is 11.7 Å². The fraction of sp³-hybridized carbons (Fsp3) is 0.500. The minimum Gasteiger partial charge on any atom is -0.508 e.